The summed E-state index contributed by atoms with van der Waals surface area (Å²) < 4.78 is 6.15. The van der Waals surface area contributed by atoms with Gasteiger partial charge in [0.05, 0.1) is 23.9 Å². The van der Waals surface area contributed by atoms with Crippen molar-refractivity contribution in [3.05, 3.63) is 24.8 Å². The second kappa shape index (κ2) is 11.2. The van der Waals surface area contributed by atoms with E-state index in [1.165, 1.54) is 0 Å². The van der Waals surface area contributed by atoms with E-state index in [0.717, 1.165) is 38.5 Å². The predicted octanol–water partition coefficient (Wildman–Crippen LogP) is 3.32. The van der Waals surface area contributed by atoms with E-state index in [9.17, 15) is 15.0 Å². The van der Waals surface area contributed by atoms with Gasteiger partial charge in [-0.2, -0.15) is 0 Å². The molecule has 0 radical (unpaired) electrons. The SMILES string of the molecule is C=CC(O)(C/C=C/[C@@H]1[C@H]2CC(CCCCC(=O)CO)O[C@H]2C[C@H]1O)CCCC. The maximum Gasteiger partial charge on any atom is 0.158 e. The molecule has 5 nitrogen and oxygen atoms in total. The van der Waals surface area contributed by atoms with Crippen LogP contribution in [0.25, 0.3) is 0 Å². The molecule has 2 fully saturated rings. The molecule has 6 atom stereocenters. The lowest BCUT2D eigenvalue weighted by molar-refractivity contribution is -0.121. The van der Waals surface area contributed by atoms with Gasteiger partial charge in [-0.05, 0) is 38.0 Å². The Kier molecular flexibility index (Phi) is 9.35. The third-order valence-corrected chi connectivity index (χ3v) is 6.37. The fraction of sp³-hybridized carbons (Fsp3) is 0.783. The number of hydrogen-bond donors (Lipinski definition) is 3. The van der Waals surface area contributed by atoms with Gasteiger partial charge in [0.2, 0.25) is 0 Å². The van der Waals surface area contributed by atoms with Gasteiger partial charge in [0.15, 0.2) is 5.78 Å². The number of aliphatic hydroxyl groups excluding tert-OH is 2. The molecule has 2 aliphatic rings. The molecule has 2 rings (SSSR count). The van der Waals surface area contributed by atoms with E-state index in [4.69, 9.17) is 9.84 Å². The number of carbonyl (C=O) groups excluding carboxylic acids is 1. The summed E-state index contributed by atoms with van der Waals surface area (Å²) in [5.74, 6) is 0.296. The van der Waals surface area contributed by atoms with Gasteiger partial charge in [0, 0.05) is 18.8 Å². The Balaban J connectivity index is 1.81. The first-order chi connectivity index (χ1) is 13.4. The van der Waals surface area contributed by atoms with E-state index in [2.05, 4.69) is 19.6 Å². The van der Waals surface area contributed by atoms with E-state index in [0.29, 0.717) is 31.6 Å². The molecule has 1 saturated heterocycles. The first-order valence-corrected chi connectivity index (χ1v) is 10.9. The Hall–Kier alpha value is -1.01. The molecule has 1 heterocycles. The summed E-state index contributed by atoms with van der Waals surface area (Å²) in [5.41, 5.74) is -0.865. The fourth-order valence-corrected chi connectivity index (χ4v) is 4.60. The van der Waals surface area contributed by atoms with Crippen molar-refractivity contribution in [1.82, 2.24) is 0 Å². The number of ether oxygens (including phenoxy) is 1. The van der Waals surface area contributed by atoms with Gasteiger partial charge in [0.25, 0.3) is 0 Å². The third-order valence-electron chi connectivity index (χ3n) is 6.37. The predicted molar refractivity (Wildman–Crippen MR) is 110 cm³/mol. The van der Waals surface area contributed by atoms with Crippen LogP contribution in [-0.4, -0.2) is 51.6 Å². The van der Waals surface area contributed by atoms with Crippen LogP contribution < -0.4 is 0 Å². The van der Waals surface area contributed by atoms with Crippen molar-refractivity contribution < 1.29 is 24.9 Å². The Morgan fingerprint density at radius 1 is 1.29 bits per heavy atom. The molecular weight excluding hydrogens is 356 g/mol. The molecule has 0 aromatic carbocycles. The van der Waals surface area contributed by atoms with Gasteiger partial charge >= 0.3 is 0 Å². The van der Waals surface area contributed by atoms with Crippen LogP contribution in [0.5, 0.6) is 0 Å². The summed E-state index contributed by atoms with van der Waals surface area (Å²) in [6.07, 6.45) is 13.5. The number of fused-ring (bicyclic) bond motifs is 1. The topological polar surface area (TPSA) is 87.0 Å². The van der Waals surface area contributed by atoms with Crippen LogP contribution >= 0.6 is 0 Å². The first kappa shape index (κ1) is 23.3. The average Bonchev–Trinajstić information content (AvgIpc) is 3.20. The molecule has 3 N–H and O–H groups in total. The molecule has 1 aliphatic heterocycles. The molecule has 0 aromatic heterocycles. The number of unbranched alkanes of at least 4 members (excludes halogenated alkanes) is 2. The van der Waals surface area contributed by atoms with Crippen LogP contribution in [0, 0.1) is 11.8 Å². The van der Waals surface area contributed by atoms with Crippen molar-refractivity contribution in [2.24, 2.45) is 11.8 Å². The highest BCUT2D eigenvalue weighted by molar-refractivity contribution is 5.79. The van der Waals surface area contributed by atoms with Crippen molar-refractivity contribution in [1.29, 1.82) is 0 Å². The molecule has 160 valence electrons. The molecule has 0 spiro atoms. The first-order valence-electron chi connectivity index (χ1n) is 10.9. The van der Waals surface area contributed by atoms with Gasteiger partial charge in [-0.3, -0.25) is 4.79 Å². The van der Waals surface area contributed by atoms with Crippen LogP contribution in [0.2, 0.25) is 0 Å². The lowest BCUT2D eigenvalue weighted by atomic mass is 9.87. The Bertz CT molecular complexity index is 531. The van der Waals surface area contributed by atoms with Gasteiger partial charge in [-0.25, -0.2) is 0 Å². The summed E-state index contributed by atoms with van der Waals surface area (Å²) in [4.78, 5) is 11.2. The molecule has 1 saturated carbocycles. The van der Waals surface area contributed by atoms with E-state index in [-0.39, 0.29) is 36.6 Å². The number of aliphatic hydroxyl groups is 3. The average molecular weight is 395 g/mol. The van der Waals surface area contributed by atoms with E-state index < -0.39 is 5.60 Å². The van der Waals surface area contributed by atoms with Crippen LogP contribution in [0.3, 0.4) is 0 Å². The molecule has 28 heavy (non-hydrogen) atoms. The quantitative estimate of drug-likeness (QED) is 0.329. The van der Waals surface area contributed by atoms with Gasteiger partial charge in [0.1, 0.15) is 6.61 Å². The van der Waals surface area contributed by atoms with Crippen molar-refractivity contribution in [3.8, 4) is 0 Å². The minimum atomic E-state index is -0.865. The van der Waals surface area contributed by atoms with Crippen molar-refractivity contribution in [3.63, 3.8) is 0 Å². The van der Waals surface area contributed by atoms with Crippen LogP contribution in [-0.2, 0) is 9.53 Å². The second-order valence-corrected chi connectivity index (χ2v) is 8.56. The molecule has 2 unspecified atom stereocenters. The van der Waals surface area contributed by atoms with Crippen LogP contribution in [0.15, 0.2) is 24.8 Å². The molecule has 0 amide bonds. The van der Waals surface area contributed by atoms with Crippen molar-refractivity contribution in [2.75, 3.05) is 6.61 Å². The fourth-order valence-electron chi connectivity index (χ4n) is 4.60. The lowest BCUT2D eigenvalue weighted by Gasteiger charge is -2.23. The highest BCUT2D eigenvalue weighted by Gasteiger charge is 2.47. The molecule has 5 heteroatoms. The summed E-state index contributed by atoms with van der Waals surface area (Å²) in [6.45, 7) is 5.52. The molecule has 1 aliphatic carbocycles. The minimum absolute atomic E-state index is 0.0752. The molecular formula is C23H38O5. The van der Waals surface area contributed by atoms with Gasteiger partial charge in [-0.1, -0.05) is 44.4 Å². The second-order valence-electron chi connectivity index (χ2n) is 8.56. The smallest absolute Gasteiger partial charge is 0.158 e. The van der Waals surface area contributed by atoms with Gasteiger partial charge < -0.3 is 20.1 Å². The lowest BCUT2D eigenvalue weighted by Crippen LogP contribution is -2.25. The summed E-state index contributed by atoms with van der Waals surface area (Å²) in [5, 5.41) is 29.8. The highest BCUT2D eigenvalue weighted by Crippen LogP contribution is 2.45. The number of rotatable bonds is 13. The Morgan fingerprint density at radius 3 is 2.75 bits per heavy atom. The third kappa shape index (κ3) is 6.51. The van der Waals surface area contributed by atoms with Crippen LogP contribution in [0.1, 0.15) is 71.1 Å². The number of Topliss-reactive ketones (excluding diaryl/α,β-unsaturated/α-hetero) is 1. The normalized spacial score (nSPS) is 31.8. The molecule has 0 aromatic rings. The number of carbonyl (C=O) groups is 1. The minimum Gasteiger partial charge on any atom is -0.392 e. The Labute approximate surface area is 169 Å². The van der Waals surface area contributed by atoms with E-state index in [1.54, 1.807) is 6.08 Å². The van der Waals surface area contributed by atoms with E-state index >= 15 is 0 Å². The largest absolute Gasteiger partial charge is 0.392 e. The zero-order valence-corrected chi connectivity index (χ0v) is 17.3. The molecule has 0 bridgehead atoms. The van der Waals surface area contributed by atoms with Crippen molar-refractivity contribution >= 4 is 5.78 Å². The maximum absolute atomic E-state index is 11.2. The number of ketones is 1. The Morgan fingerprint density at radius 2 is 2.07 bits per heavy atom. The summed E-state index contributed by atoms with van der Waals surface area (Å²) >= 11 is 0. The van der Waals surface area contributed by atoms with Crippen LogP contribution in [0.4, 0.5) is 0 Å². The highest BCUT2D eigenvalue weighted by atomic mass is 16.5. The summed E-state index contributed by atoms with van der Waals surface area (Å²) in [6, 6.07) is 0. The maximum atomic E-state index is 11.2. The van der Waals surface area contributed by atoms with Crippen molar-refractivity contribution in [2.45, 2.75) is 95.0 Å². The zero-order chi connectivity index (χ0) is 20.6. The van der Waals surface area contributed by atoms with E-state index in [1.807, 2.05) is 6.08 Å². The monoisotopic (exact) mass is 394 g/mol. The standard InChI is InChI=1S/C23H38O5/c1-3-5-12-23(27,4-2)13-8-11-19-20-14-18(28-22(20)15-21(19)26)10-7-6-9-17(25)16-24/h4,8,11,18-22,24,26-27H,2-3,5-7,9-10,12-16H2,1H3/b11-8+/t18?,19-,20-,21-,22+,23?/m1/s1. The van der Waals surface area contributed by atoms with Gasteiger partial charge in [-0.15, -0.1) is 6.58 Å². The number of hydrogen-bond acceptors (Lipinski definition) is 5. The summed E-state index contributed by atoms with van der Waals surface area (Å²) in [7, 11) is 0. The zero-order valence-electron chi connectivity index (χ0n) is 17.3.